The number of methoxy groups -OCH3 is 1. The first-order valence-corrected chi connectivity index (χ1v) is 5.16. The normalized spacial score (nSPS) is 28.8. The van der Waals surface area contributed by atoms with Crippen molar-refractivity contribution in [2.24, 2.45) is 17.6 Å². The van der Waals surface area contributed by atoms with Gasteiger partial charge in [0.05, 0.1) is 13.7 Å². The Morgan fingerprint density at radius 3 is 2.93 bits per heavy atom. The van der Waals surface area contributed by atoms with E-state index in [-0.39, 0.29) is 5.97 Å². The zero-order valence-electron chi connectivity index (χ0n) is 9.03. The standard InChI is InChI=1S/C10H20N2O2/c1-8-3-4-12(6-9(8)5-11)7-10(13)14-2/h8-9H,3-7,11H2,1-2H3. The van der Waals surface area contributed by atoms with E-state index < -0.39 is 0 Å². The van der Waals surface area contributed by atoms with Crippen molar-refractivity contribution in [3.05, 3.63) is 0 Å². The van der Waals surface area contributed by atoms with Crippen molar-refractivity contribution in [3.63, 3.8) is 0 Å². The number of hydrogen-bond acceptors (Lipinski definition) is 4. The second kappa shape index (κ2) is 5.32. The monoisotopic (exact) mass is 200 g/mol. The number of nitrogens with two attached hydrogens (primary N) is 1. The van der Waals surface area contributed by atoms with Gasteiger partial charge in [-0.25, -0.2) is 0 Å². The lowest BCUT2D eigenvalue weighted by molar-refractivity contribution is -0.142. The molecule has 1 aliphatic rings. The van der Waals surface area contributed by atoms with Crippen molar-refractivity contribution in [1.29, 1.82) is 0 Å². The number of carbonyl (C=O) groups excluding carboxylic acids is 1. The molecule has 1 fully saturated rings. The Morgan fingerprint density at radius 2 is 2.36 bits per heavy atom. The van der Waals surface area contributed by atoms with Gasteiger partial charge in [0.1, 0.15) is 0 Å². The summed E-state index contributed by atoms with van der Waals surface area (Å²) in [6.07, 6.45) is 1.12. The number of rotatable bonds is 3. The SMILES string of the molecule is COC(=O)CN1CCC(C)C(CN)C1. The van der Waals surface area contributed by atoms with Gasteiger partial charge in [0.25, 0.3) is 0 Å². The van der Waals surface area contributed by atoms with E-state index in [0.717, 1.165) is 19.5 Å². The molecule has 14 heavy (non-hydrogen) atoms. The molecule has 82 valence electrons. The third-order valence-electron chi connectivity index (χ3n) is 3.08. The molecule has 0 aromatic heterocycles. The average Bonchev–Trinajstić information content (AvgIpc) is 2.20. The molecule has 2 atom stereocenters. The number of ether oxygens (including phenoxy) is 1. The van der Waals surface area contributed by atoms with Crippen molar-refractivity contribution < 1.29 is 9.53 Å². The fourth-order valence-corrected chi connectivity index (χ4v) is 1.92. The van der Waals surface area contributed by atoms with Gasteiger partial charge in [0, 0.05) is 6.54 Å². The first kappa shape index (κ1) is 11.5. The summed E-state index contributed by atoms with van der Waals surface area (Å²) in [6.45, 7) is 5.24. The van der Waals surface area contributed by atoms with Crippen LogP contribution >= 0.6 is 0 Å². The summed E-state index contributed by atoms with van der Waals surface area (Å²) in [7, 11) is 1.43. The Kier molecular flexibility index (Phi) is 4.35. The van der Waals surface area contributed by atoms with Crippen LogP contribution in [0.25, 0.3) is 0 Å². The molecule has 2 unspecified atom stereocenters. The highest BCUT2D eigenvalue weighted by molar-refractivity contribution is 5.71. The highest BCUT2D eigenvalue weighted by atomic mass is 16.5. The number of carbonyl (C=O) groups is 1. The Labute approximate surface area is 85.4 Å². The molecule has 2 N–H and O–H groups in total. The molecule has 0 aliphatic carbocycles. The van der Waals surface area contributed by atoms with Crippen LogP contribution < -0.4 is 5.73 Å². The van der Waals surface area contributed by atoms with Crippen LogP contribution in [-0.4, -0.2) is 44.2 Å². The van der Waals surface area contributed by atoms with Gasteiger partial charge >= 0.3 is 5.97 Å². The third-order valence-corrected chi connectivity index (χ3v) is 3.08. The minimum Gasteiger partial charge on any atom is -0.468 e. The van der Waals surface area contributed by atoms with Crippen LogP contribution in [0.4, 0.5) is 0 Å². The van der Waals surface area contributed by atoms with Crippen LogP contribution in [0.5, 0.6) is 0 Å². The largest absolute Gasteiger partial charge is 0.468 e. The van der Waals surface area contributed by atoms with Crippen LogP contribution in [0.15, 0.2) is 0 Å². The Morgan fingerprint density at radius 1 is 1.64 bits per heavy atom. The predicted molar refractivity (Wildman–Crippen MR) is 54.8 cm³/mol. The first-order chi connectivity index (χ1) is 6.67. The van der Waals surface area contributed by atoms with Gasteiger partial charge in [-0.15, -0.1) is 0 Å². The smallest absolute Gasteiger partial charge is 0.319 e. The maximum Gasteiger partial charge on any atom is 0.319 e. The number of nitrogens with zero attached hydrogens (tertiary/aromatic N) is 1. The van der Waals surface area contributed by atoms with Gasteiger partial charge in [-0.2, -0.15) is 0 Å². The lowest BCUT2D eigenvalue weighted by atomic mass is 9.87. The summed E-state index contributed by atoms with van der Waals surface area (Å²) in [5, 5.41) is 0. The maximum absolute atomic E-state index is 11.1. The van der Waals surface area contributed by atoms with Crippen molar-refractivity contribution in [2.75, 3.05) is 33.3 Å². The summed E-state index contributed by atoms with van der Waals surface area (Å²) >= 11 is 0. The minimum absolute atomic E-state index is 0.157. The van der Waals surface area contributed by atoms with Gasteiger partial charge in [-0.3, -0.25) is 9.69 Å². The molecule has 0 amide bonds. The molecule has 0 aromatic rings. The Balaban J connectivity index is 2.38. The van der Waals surface area contributed by atoms with Crippen LogP contribution in [0, 0.1) is 11.8 Å². The molecule has 0 radical (unpaired) electrons. The third kappa shape index (κ3) is 2.96. The molecule has 4 nitrogen and oxygen atoms in total. The number of piperidine rings is 1. The van der Waals surface area contributed by atoms with Crippen molar-refractivity contribution >= 4 is 5.97 Å². The minimum atomic E-state index is -0.157. The van der Waals surface area contributed by atoms with E-state index in [9.17, 15) is 4.79 Å². The molecule has 1 aliphatic heterocycles. The van der Waals surface area contributed by atoms with Crippen LogP contribution in [0.3, 0.4) is 0 Å². The summed E-state index contributed by atoms with van der Waals surface area (Å²) < 4.78 is 4.64. The van der Waals surface area contributed by atoms with E-state index in [4.69, 9.17) is 5.73 Å². The fraction of sp³-hybridized carbons (Fsp3) is 0.900. The highest BCUT2D eigenvalue weighted by Crippen LogP contribution is 2.21. The van der Waals surface area contributed by atoms with E-state index in [1.54, 1.807) is 0 Å². The Hall–Kier alpha value is -0.610. The molecule has 0 spiro atoms. The van der Waals surface area contributed by atoms with Crippen molar-refractivity contribution in [2.45, 2.75) is 13.3 Å². The van der Waals surface area contributed by atoms with Gasteiger partial charge in [-0.1, -0.05) is 6.92 Å². The van der Waals surface area contributed by atoms with E-state index in [2.05, 4.69) is 16.6 Å². The van der Waals surface area contributed by atoms with Crippen LogP contribution in [0.1, 0.15) is 13.3 Å². The highest BCUT2D eigenvalue weighted by Gasteiger charge is 2.26. The number of esters is 1. The zero-order valence-corrected chi connectivity index (χ0v) is 9.03. The molecule has 0 saturated carbocycles. The van der Waals surface area contributed by atoms with E-state index >= 15 is 0 Å². The van der Waals surface area contributed by atoms with Crippen LogP contribution in [0.2, 0.25) is 0 Å². The second-order valence-electron chi connectivity index (χ2n) is 4.07. The van der Waals surface area contributed by atoms with E-state index in [0.29, 0.717) is 24.9 Å². The molecule has 1 saturated heterocycles. The topological polar surface area (TPSA) is 55.6 Å². The summed E-state index contributed by atoms with van der Waals surface area (Å²) in [5.74, 6) is 1.04. The van der Waals surface area contributed by atoms with Crippen molar-refractivity contribution in [3.8, 4) is 0 Å². The molecular formula is C10H20N2O2. The van der Waals surface area contributed by atoms with E-state index in [1.807, 2.05) is 0 Å². The molecule has 1 rings (SSSR count). The van der Waals surface area contributed by atoms with E-state index in [1.165, 1.54) is 7.11 Å². The summed E-state index contributed by atoms with van der Waals surface area (Å²) in [4.78, 5) is 13.2. The van der Waals surface area contributed by atoms with Crippen LogP contribution in [-0.2, 0) is 9.53 Å². The summed E-state index contributed by atoms with van der Waals surface area (Å²) in [5.41, 5.74) is 5.68. The number of likely N-dealkylation sites (tertiary alicyclic amines) is 1. The summed E-state index contributed by atoms with van der Waals surface area (Å²) in [6, 6.07) is 0. The van der Waals surface area contributed by atoms with Gasteiger partial charge < -0.3 is 10.5 Å². The molecule has 4 heteroatoms. The van der Waals surface area contributed by atoms with Gasteiger partial charge in [-0.05, 0) is 31.3 Å². The predicted octanol–water partition coefficient (Wildman–Crippen LogP) is 0.0761. The Bertz CT molecular complexity index is 197. The zero-order chi connectivity index (χ0) is 10.6. The number of hydrogen-bond donors (Lipinski definition) is 1. The fourth-order valence-electron chi connectivity index (χ4n) is 1.92. The lowest BCUT2D eigenvalue weighted by Gasteiger charge is -2.35. The lowest BCUT2D eigenvalue weighted by Crippen LogP contribution is -2.44. The average molecular weight is 200 g/mol. The second-order valence-corrected chi connectivity index (χ2v) is 4.07. The molecule has 1 heterocycles. The first-order valence-electron chi connectivity index (χ1n) is 5.16. The van der Waals surface area contributed by atoms with Gasteiger partial charge in [0.15, 0.2) is 0 Å². The van der Waals surface area contributed by atoms with Gasteiger partial charge in [0.2, 0.25) is 0 Å². The molecule has 0 aromatic carbocycles. The molecular weight excluding hydrogens is 180 g/mol. The molecule has 0 bridgehead atoms. The quantitative estimate of drug-likeness (QED) is 0.655. The maximum atomic E-state index is 11.1. The van der Waals surface area contributed by atoms with Crippen molar-refractivity contribution in [1.82, 2.24) is 4.90 Å².